The summed E-state index contributed by atoms with van der Waals surface area (Å²) >= 11 is 0. The number of aromatic amines is 1. The number of aryl methyl sites for hydroxylation is 1. The van der Waals surface area contributed by atoms with Crippen LogP contribution in [-0.4, -0.2) is 22.4 Å². The number of hydrogen-bond donors (Lipinski definition) is 2. The third-order valence-electron chi connectivity index (χ3n) is 2.87. The monoisotopic (exact) mass is 269 g/mol. The first-order chi connectivity index (χ1) is 9.70. The quantitative estimate of drug-likeness (QED) is 0.795. The maximum Gasteiger partial charge on any atom is 0.258 e. The van der Waals surface area contributed by atoms with Gasteiger partial charge in [-0.15, -0.1) is 6.42 Å². The van der Waals surface area contributed by atoms with Crippen LogP contribution in [0.1, 0.15) is 18.7 Å². The number of nitrogens with zero attached hydrogens (tertiary/aromatic N) is 1. The molecular formula is C15H15N3O2. The van der Waals surface area contributed by atoms with Gasteiger partial charge in [-0.25, -0.2) is 4.98 Å². The number of H-pyrrole nitrogens is 1. The summed E-state index contributed by atoms with van der Waals surface area (Å²) in [7, 11) is 0. The molecule has 0 saturated heterocycles. The summed E-state index contributed by atoms with van der Waals surface area (Å²) in [5, 5.41) is 3.16. The Labute approximate surface area is 116 Å². The van der Waals surface area contributed by atoms with Crippen LogP contribution in [0.5, 0.6) is 0 Å². The van der Waals surface area contributed by atoms with Gasteiger partial charge in [0.2, 0.25) is 5.91 Å². The van der Waals surface area contributed by atoms with E-state index in [1.54, 1.807) is 18.2 Å². The van der Waals surface area contributed by atoms with E-state index >= 15 is 0 Å². The SMILES string of the molecule is C#CCNC(=O)CCCc1nc2ccccc2c(=O)[nH]1. The second kappa shape index (κ2) is 6.53. The number of aromatic nitrogens is 2. The molecule has 0 aliphatic carbocycles. The minimum Gasteiger partial charge on any atom is -0.345 e. The third-order valence-corrected chi connectivity index (χ3v) is 2.87. The van der Waals surface area contributed by atoms with Crippen LogP contribution in [0.15, 0.2) is 29.1 Å². The lowest BCUT2D eigenvalue weighted by atomic mass is 10.2. The van der Waals surface area contributed by atoms with Crippen LogP contribution in [0, 0.1) is 12.3 Å². The van der Waals surface area contributed by atoms with Crippen LogP contribution in [-0.2, 0) is 11.2 Å². The Bertz CT molecular complexity index is 713. The standard InChI is InChI=1S/C15H15N3O2/c1-2-10-16-14(19)9-5-8-13-17-12-7-4-3-6-11(12)15(20)18-13/h1,3-4,6-7H,5,8-10H2,(H,16,19)(H,17,18,20). The summed E-state index contributed by atoms with van der Waals surface area (Å²) in [6.45, 7) is 0.240. The Balaban J connectivity index is 1.99. The number of terminal acetylenes is 1. The van der Waals surface area contributed by atoms with Gasteiger partial charge in [-0.1, -0.05) is 18.1 Å². The van der Waals surface area contributed by atoms with Crippen molar-refractivity contribution in [1.82, 2.24) is 15.3 Å². The molecule has 1 aromatic heterocycles. The fraction of sp³-hybridized carbons (Fsp3) is 0.267. The number of hydrogen-bond acceptors (Lipinski definition) is 3. The lowest BCUT2D eigenvalue weighted by Gasteiger charge is -2.03. The Kier molecular flexibility index (Phi) is 4.51. The third kappa shape index (κ3) is 3.45. The fourth-order valence-electron chi connectivity index (χ4n) is 1.91. The number of rotatable bonds is 5. The van der Waals surface area contributed by atoms with Crippen molar-refractivity contribution in [1.29, 1.82) is 0 Å². The van der Waals surface area contributed by atoms with Gasteiger partial charge in [0.1, 0.15) is 5.82 Å². The lowest BCUT2D eigenvalue weighted by Crippen LogP contribution is -2.23. The average molecular weight is 269 g/mol. The topological polar surface area (TPSA) is 74.8 Å². The Hall–Kier alpha value is -2.61. The molecule has 102 valence electrons. The average Bonchev–Trinajstić information content (AvgIpc) is 2.45. The van der Waals surface area contributed by atoms with Crippen LogP contribution in [0.4, 0.5) is 0 Å². The summed E-state index contributed by atoms with van der Waals surface area (Å²) in [5.74, 6) is 2.85. The van der Waals surface area contributed by atoms with Crippen LogP contribution < -0.4 is 10.9 Å². The molecule has 2 aromatic rings. The van der Waals surface area contributed by atoms with E-state index in [1.807, 2.05) is 6.07 Å². The maximum absolute atomic E-state index is 11.8. The van der Waals surface area contributed by atoms with Gasteiger partial charge in [0.05, 0.1) is 17.4 Å². The lowest BCUT2D eigenvalue weighted by molar-refractivity contribution is -0.120. The molecule has 2 rings (SSSR count). The zero-order chi connectivity index (χ0) is 14.4. The predicted molar refractivity (Wildman–Crippen MR) is 77.1 cm³/mol. The number of benzene rings is 1. The Morgan fingerprint density at radius 3 is 3.00 bits per heavy atom. The molecule has 2 N–H and O–H groups in total. The molecule has 0 unspecified atom stereocenters. The highest BCUT2D eigenvalue weighted by Crippen LogP contribution is 2.07. The van der Waals surface area contributed by atoms with E-state index in [2.05, 4.69) is 21.2 Å². The highest BCUT2D eigenvalue weighted by Gasteiger charge is 2.05. The predicted octanol–water partition coefficient (Wildman–Crippen LogP) is 0.995. The van der Waals surface area contributed by atoms with E-state index in [0.717, 1.165) is 0 Å². The van der Waals surface area contributed by atoms with Crippen LogP contribution in [0.2, 0.25) is 0 Å². The molecule has 0 aliphatic rings. The number of carbonyl (C=O) groups is 1. The molecule has 0 bridgehead atoms. The van der Waals surface area contributed by atoms with E-state index in [-0.39, 0.29) is 18.0 Å². The molecule has 0 aliphatic heterocycles. The summed E-state index contributed by atoms with van der Waals surface area (Å²) in [5.41, 5.74) is 0.519. The molecule has 0 atom stereocenters. The molecule has 0 saturated carbocycles. The molecule has 1 aromatic carbocycles. The van der Waals surface area contributed by atoms with Gasteiger partial charge in [0.15, 0.2) is 0 Å². The molecule has 0 fully saturated rings. The van der Waals surface area contributed by atoms with Crippen molar-refractivity contribution in [2.24, 2.45) is 0 Å². The molecule has 5 heteroatoms. The van der Waals surface area contributed by atoms with Crippen LogP contribution >= 0.6 is 0 Å². The number of fused-ring (bicyclic) bond motifs is 1. The second-order valence-electron chi connectivity index (χ2n) is 4.36. The number of para-hydroxylation sites is 1. The van der Waals surface area contributed by atoms with Gasteiger partial charge in [0.25, 0.3) is 5.56 Å². The molecule has 0 spiro atoms. The summed E-state index contributed by atoms with van der Waals surface area (Å²) in [4.78, 5) is 30.3. The molecular weight excluding hydrogens is 254 g/mol. The first-order valence-corrected chi connectivity index (χ1v) is 6.39. The van der Waals surface area contributed by atoms with Crippen molar-refractivity contribution >= 4 is 16.8 Å². The zero-order valence-electron chi connectivity index (χ0n) is 11.0. The van der Waals surface area contributed by atoms with Gasteiger partial charge in [-0.3, -0.25) is 9.59 Å². The van der Waals surface area contributed by atoms with Gasteiger partial charge in [-0.2, -0.15) is 0 Å². The van der Waals surface area contributed by atoms with Gasteiger partial charge >= 0.3 is 0 Å². The van der Waals surface area contributed by atoms with Crippen molar-refractivity contribution in [2.75, 3.05) is 6.54 Å². The Morgan fingerprint density at radius 1 is 1.40 bits per heavy atom. The zero-order valence-corrected chi connectivity index (χ0v) is 11.0. The van der Waals surface area contributed by atoms with Gasteiger partial charge < -0.3 is 10.3 Å². The molecule has 1 amide bonds. The second-order valence-corrected chi connectivity index (χ2v) is 4.36. The van der Waals surface area contributed by atoms with Gasteiger partial charge in [0, 0.05) is 12.8 Å². The van der Waals surface area contributed by atoms with Crippen molar-refractivity contribution in [3.8, 4) is 12.3 Å². The summed E-state index contributed by atoms with van der Waals surface area (Å²) in [6.07, 6.45) is 6.56. The number of amides is 1. The minimum absolute atomic E-state index is 0.0916. The van der Waals surface area contributed by atoms with Crippen molar-refractivity contribution in [3.05, 3.63) is 40.4 Å². The molecule has 0 radical (unpaired) electrons. The molecule has 5 nitrogen and oxygen atoms in total. The maximum atomic E-state index is 11.8. The van der Waals surface area contributed by atoms with E-state index < -0.39 is 0 Å². The van der Waals surface area contributed by atoms with Crippen molar-refractivity contribution in [2.45, 2.75) is 19.3 Å². The van der Waals surface area contributed by atoms with Crippen molar-refractivity contribution in [3.63, 3.8) is 0 Å². The number of nitrogens with one attached hydrogen (secondary N) is 2. The van der Waals surface area contributed by atoms with E-state index in [9.17, 15) is 9.59 Å². The van der Waals surface area contributed by atoms with Gasteiger partial charge in [-0.05, 0) is 18.6 Å². The normalized spacial score (nSPS) is 10.2. The van der Waals surface area contributed by atoms with Crippen molar-refractivity contribution < 1.29 is 4.79 Å². The van der Waals surface area contributed by atoms with E-state index in [1.165, 1.54) is 0 Å². The minimum atomic E-state index is -0.151. The smallest absolute Gasteiger partial charge is 0.258 e. The van der Waals surface area contributed by atoms with Crippen LogP contribution in [0.3, 0.4) is 0 Å². The fourth-order valence-corrected chi connectivity index (χ4v) is 1.91. The molecule has 20 heavy (non-hydrogen) atoms. The molecule has 1 heterocycles. The first-order valence-electron chi connectivity index (χ1n) is 6.39. The van der Waals surface area contributed by atoms with E-state index in [4.69, 9.17) is 6.42 Å². The summed E-state index contributed by atoms with van der Waals surface area (Å²) in [6, 6.07) is 7.17. The first kappa shape index (κ1) is 13.8. The highest BCUT2D eigenvalue weighted by molar-refractivity contribution is 5.77. The van der Waals surface area contributed by atoms with E-state index in [0.29, 0.717) is 36.0 Å². The highest BCUT2D eigenvalue weighted by atomic mass is 16.1. The number of carbonyl (C=O) groups excluding carboxylic acids is 1. The van der Waals surface area contributed by atoms with Crippen LogP contribution in [0.25, 0.3) is 10.9 Å². The Morgan fingerprint density at radius 2 is 2.20 bits per heavy atom. The summed E-state index contributed by atoms with van der Waals surface area (Å²) < 4.78 is 0. The largest absolute Gasteiger partial charge is 0.345 e.